The molecule has 1 aromatic carbocycles. The Morgan fingerprint density at radius 1 is 1.40 bits per heavy atom. The molecule has 2 rings (SSSR count). The molecule has 0 saturated heterocycles. The van der Waals surface area contributed by atoms with Gasteiger partial charge in [-0.1, -0.05) is 0 Å². The summed E-state index contributed by atoms with van der Waals surface area (Å²) in [6.07, 6.45) is 3.74. The number of rotatable bonds is 4. The smallest absolute Gasteiger partial charge is 0.227 e. The molecule has 1 amide bonds. The van der Waals surface area contributed by atoms with Gasteiger partial charge in [-0.25, -0.2) is 4.39 Å². The van der Waals surface area contributed by atoms with Crippen LogP contribution in [0, 0.1) is 17.7 Å². The largest absolute Gasteiger partial charge is 0.494 e. The second-order valence-electron chi connectivity index (χ2n) is 5.29. The van der Waals surface area contributed by atoms with Gasteiger partial charge in [0.1, 0.15) is 0 Å². The van der Waals surface area contributed by atoms with Crippen molar-refractivity contribution in [3.8, 4) is 5.75 Å². The monoisotopic (exact) mass is 280 g/mol. The Morgan fingerprint density at radius 2 is 2.10 bits per heavy atom. The lowest BCUT2D eigenvalue weighted by molar-refractivity contribution is -0.121. The van der Waals surface area contributed by atoms with Crippen molar-refractivity contribution < 1.29 is 13.9 Å². The van der Waals surface area contributed by atoms with Gasteiger partial charge >= 0.3 is 0 Å². The van der Waals surface area contributed by atoms with E-state index < -0.39 is 5.82 Å². The maximum absolute atomic E-state index is 13.3. The van der Waals surface area contributed by atoms with Crippen molar-refractivity contribution in [3.63, 3.8) is 0 Å². The van der Waals surface area contributed by atoms with Crippen LogP contribution in [0.1, 0.15) is 25.7 Å². The zero-order valence-electron chi connectivity index (χ0n) is 11.7. The van der Waals surface area contributed by atoms with Gasteiger partial charge in [0.05, 0.1) is 7.11 Å². The molecular formula is C15H21FN2O2. The molecule has 20 heavy (non-hydrogen) atoms. The average molecular weight is 280 g/mol. The molecular weight excluding hydrogens is 259 g/mol. The number of hydrogen-bond donors (Lipinski definition) is 2. The number of methoxy groups -OCH3 is 1. The zero-order valence-corrected chi connectivity index (χ0v) is 11.7. The van der Waals surface area contributed by atoms with E-state index >= 15 is 0 Å². The zero-order chi connectivity index (χ0) is 14.5. The second-order valence-corrected chi connectivity index (χ2v) is 5.29. The summed E-state index contributed by atoms with van der Waals surface area (Å²) in [5.74, 6) is 0.261. The standard InChI is InChI=1S/C15H21FN2O2/c1-20-14-8-12(6-7-13(14)16)18-15(19)11-4-2-10(9-17)3-5-11/h6-8,10-11H,2-5,9,17H2,1H3,(H,18,19). The third kappa shape index (κ3) is 3.48. The van der Waals surface area contributed by atoms with Crippen molar-refractivity contribution in [2.24, 2.45) is 17.6 Å². The molecule has 0 aliphatic heterocycles. The van der Waals surface area contributed by atoms with Gasteiger partial charge < -0.3 is 15.8 Å². The van der Waals surface area contributed by atoms with Crippen molar-refractivity contribution in [1.82, 2.24) is 0 Å². The number of anilines is 1. The van der Waals surface area contributed by atoms with Gasteiger partial charge in [-0.2, -0.15) is 0 Å². The van der Waals surface area contributed by atoms with Crippen LogP contribution in [0.15, 0.2) is 18.2 Å². The number of amides is 1. The summed E-state index contributed by atoms with van der Waals surface area (Å²) in [7, 11) is 1.40. The number of ether oxygens (including phenoxy) is 1. The SMILES string of the molecule is COc1cc(NC(=O)C2CCC(CN)CC2)ccc1F. The summed E-state index contributed by atoms with van der Waals surface area (Å²) < 4.78 is 18.2. The summed E-state index contributed by atoms with van der Waals surface area (Å²) in [4.78, 5) is 12.2. The molecule has 1 aliphatic carbocycles. The van der Waals surface area contributed by atoms with Crippen LogP contribution in [0.4, 0.5) is 10.1 Å². The minimum absolute atomic E-state index is 0.00543. The van der Waals surface area contributed by atoms with Crippen LogP contribution in [-0.4, -0.2) is 19.6 Å². The second kappa shape index (κ2) is 6.70. The lowest BCUT2D eigenvalue weighted by atomic mass is 9.81. The number of carbonyl (C=O) groups is 1. The first-order valence-corrected chi connectivity index (χ1v) is 6.98. The predicted molar refractivity (Wildman–Crippen MR) is 76.1 cm³/mol. The highest BCUT2D eigenvalue weighted by atomic mass is 19.1. The van der Waals surface area contributed by atoms with Crippen LogP contribution >= 0.6 is 0 Å². The molecule has 5 heteroatoms. The summed E-state index contributed by atoms with van der Waals surface area (Å²) in [5, 5.41) is 2.83. The van der Waals surface area contributed by atoms with E-state index in [9.17, 15) is 9.18 Å². The van der Waals surface area contributed by atoms with Gasteiger partial charge in [-0.15, -0.1) is 0 Å². The fourth-order valence-electron chi connectivity index (χ4n) is 2.64. The number of nitrogens with two attached hydrogens (primary N) is 1. The van der Waals surface area contributed by atoms with Gasteiger partial charge in [0, 0.05) is 17.7 Å². The van der Waals surface area contributed by atoms with Crippen molar-refractivity contribution in [3.05, 3.63) is 24.0 Å². The maximum Gasteiger partial charge on any atom is 0.227 e. The Hall–Kier alpha value is -1.62. The Balaban J connectivity index is 1.95. The molecule has 1 fully saturated rings. The Kier molecular flexibility index (Phi) is 4.95. The Bertz CT molecular complexity index is 471. The first kappa shape index (κ1) is 14.8. The number of nitrogens with one attached hydrogen (secondary N) is 1. The van der Waals surface area contributed by atoms with E-state index in [0.717, 1.165) is 25.7 Å². The fourth-order valence-corrected chi connectivity index (χ4v) is 2.64. The van der Waals surface area contributed by atoms with Crippen LogP contribution in [0.3, 0.4) is 0 Å². The van der Waals surface area contributed by atoms with Gasteiger partial charge in [-0.05, 0) is 50.3 Å². The van der Waals surface area contributed by atoms with Crippen molar-refractivity contribution in [2.75, 3.05) is 19.0 Å². The summed E-state index contributed by atoms with van der Waals surface area (Å²) in [6.45, 7) is 0.698. The molecule has 4 nitrogen and oxygen atoms in total. The molecule has 0 radical (unpaired) electrons. The van der Waals surface area contributed by atoms with Crippen molar-refractivity contribution >= 4 is 11.6 Å². The lowest BCUT2D eigenvalue weighted by Crippen LogP contribution is -2.29. The van der Waals surface area contributed by atoms with Gasteiger partial charge in [-0.3, -0.25) is 4.79 Å². The number of hydrogen-bond acceptors (Lipinski definition) is 3. The highest BCUT2D eigenvalue weighted by molar-refractivity contribution is 5.92. The van der Waals surface area contributed by atoms with E-state index in [4.69, 9.17) is 10.5 Å². The molecule has 0 unspecified atom stereocenters. The lowest BCUT2D eigenvalue weighted by Gasteiger charge is -2.26. The van der Waals surface area contributed by atoms with Gasteiger partial charge in [0.15, 0.2) is 11.6 Å². The summed E-state index contributed by atoms with van der Waals surface area (Å²) in [5.41, 5.74) is 6.21. The number of halogens is 1. The topological polar surface area (TPSA) is 64.3 Å². The van der Waals surface area contributed by atoms with E-state index in [1.807, 2.05) is 0 Å². The molecule has 0 spiro atoms. The third-order valence-electron chi connectivity index (χ3n) is 3.97. The molecule has 110 valence electrons. The minimum Gasteiger partial charge on any atom is -0.494 e. The van der Waals surface area contributed by atoms with Crippen molar-refractivity contribution in [2.45, 2.75) is 25.7 Å². The van der Waals surface area contributed by atoms with Crippen LogP contribution in [0.2, 0.25) is 0 Å². The van der Waals surface area contributed by atoms with Crippen molar-refractivity contribution in [1.29, 1.82) is 0 Å². The van der Waals surface area contributed by atoms with E-state index in [0.29, 0.717) is 18.2 Å². The molecule has 1 saturated carbocycles. The quantitative estimate of drug-likeness (QED) is 0.890. The molecule has 1 aromatic rings. The average Bonchev–Trinajstić information content (AvgIpc) is 2.49. The Morgan fingerprint density at radius 3 is 2.70 bits per heavy atom. The molecule has 3 N–H and O–H groups in total. The summed E-state index contributed by atoms with van der Waals surface area (Å²) in [6, 6.07) is 4.33. The van der Waals surface area contributed by atoms with Crippen LogP contribution in [-0.2, 0) is 4.79 Å². The molecule has 1 aliphatic rings. The highest BCUT2D eigenvalue weighted by Gasteiger charge is 2.25. The van der Waals surface area contributed by atoms with E-state index in [1.165, 1.54) is 19.2 Å². The number of carbonyl (C=O) groups excluding carboxylic acids is 1. The maximum atomic E-state index is 13.3. The van der Waals surface area contributed by atoms with Crippen LogP contribution in [0.25, 0.3) is 0 Å². The third-order valence-corrected chi connectivity index (χ3v) is 3.97. The number of benzene rings is 1. The van der Waals surface area contributed by atoms with Crippen LogP contribution in [0.5, 0.6) is 5.75 Å². The summed E-state index contributed by atoms with van der Waals surface area (Å²) >= 11 is 0. The highest BCUT2D eigenvalue weighted by Crippen LogP contribution is 2.29. The molecule has 0 atom stereocenters. The first-order chi connectivity index (χ1) is 9.63. The van der Waals surface area contributed by atoms with Gasteiger partial charge in [0.2, 0.25) is 5.91 Å². The molecule has 0 heterocycles. The van der Waals surface area contributed by atoms with Gasteiger partial charge in [0.25, 0.3) is 0 Å². The molecule has 0 bridgehead atoms. The first-order valence-electron chi connectivity index (χ1n) is 6.98. The van der Waals surface area contributed by atoms with Crippen LogP contribution < -0.4 is 15.8 Å². The van der Waals surface area contributed by atoms with E-state index in [1.54, 1.807) is 6.07 Å². The van der Waals surface area contributed by atoms with E-state index in [-0.39, 0.29) is 17.6 Å². The predicted octanol–water partition coefficient (Wildman–Crippen LogP) is 2.54. The molecule has 0 aromatic heterocycles. The fraction of sp³-hybridized carbons (Fsp3) is 0.533. The normalized spacial score (nSPS) is 22.4. The minimum atomic E-state index is -0.436. The van der Waals surface area contributed by atoms with E-state index in [2.05, 4.69) is 5.32 Å². The Labute approximate surface area is 118 Å².